The minimum Gasteiger partial charge on any atom is -0.396 e. The Kier molecular flexibility index (Phi) is 3.55. The van der Waals surface area contributed by atoms with Crippen LogP contribution in [0.3, 0.4) is 0 Å². The van der Waals surface area contributed by atoms with Gasteiger partial charge in [-0.05, 0) is 6.07 Å². The number of hydrogen-bond donors (Lipinski definition) is 3. The smallest absolute Gasteiger partial charge is 0.260 e. The highest BCUT2D eigenvalue weighted by Crippen LogP contribution is 2.34. The van der Waals surface area contributed by atoms with Crippen molar-refractivity contribution in [2.75, 3.05) is 5.73 Å². The molecular weight excluding hydrogens is 354 g/mol. The predicted octanol–water partition coefficient (Wildman–Crippen LogP) is 1.13. The quantitative estimate of drug-likeness (QED) is 0.495. The minimum atomic E-state index is -0.635. The summed E-state index contributed by atoms with van der Waals surface area (Å²) in [6.45, 7) is 0. The Morgan fingerprint density at radius 3 is 2.77 bits per heavy atom. The van der Waals surface area contributed by atoms with E-state index in [-0.39, 0.29) is 16.8 Å². The number of aromatic nitrogens is 5. The predicted molar refractivity (Wildman–Crippen MR) is 98.6 cm³/mol. The maximum atomic E-state index is 12.6. The van der Waals surface area contributed by atoms with Gasteiger partial charge in [0.2, 0.25) is 5.91 Å². The van der Waals surface area contributed by atoms with E-state index in [9.17, 15) is 9.59 Å². The monoisotopic (exact) mass is 367 g/mol. The van der Waals surface area contributed by atoms with E-state index in [1.165, 1.54) is 23.6 Å². The van der Waals surface area contributed by atoms with Crippen LogP contribution in [0.2, 0.25) is 0 Å². The fourth-order valence-corrected chi connectivity index (χ4v) is 3.57. The third-order valence-electron chi connectivity index (χ3n) is 3.88. The molecule has 0 saturated carbocycles. The molecule has 1 amide bonds. The number of H-pyrrole nitrogens is 1. The number of thiazole rings is 1. The number of nitrogens with two attached hydrogens (primary N) is 2. The summed E-state index contributed by atoms with van der Waals surface area (Å²) < 4.78 is 1.69. The molecule has 0 atom stereocenters. The van der Waals surface area contributed by atoms with Crippen LogP contribution in [0.25, 0.3) is 32.0 Å². The average Bonchev–Trinajstić information content (AvgIpc) is 3.23. The van der Waals surface area contributed by atoms with E-state index in [2.05, 4.69) is 20.1 Å². The average molecular weight is 367 g/mol. The molecule has 10 heteroatoms. The zero-order valence-electron chi connectivity index (χ0n) is 13.6. The summed E-state index contributed by atoms with van der Waals surface area (Å²) in [6.07, 6.45) is 6.58. The van der Waals surface area contributed by atoms with Crippen molar-refractivity contribution in [3.8, 4) is 21.0 Å². The molecule has 26 heavy (non-hydrogen) atoms. The van der Waals surface area contributed by atoms with E-state index < -0.39 is 11.5 Å². The molecule has 0 radical (unpaired) electrons. The number of nitrogen functional groups attached to an aromatic ring is 1. The number of pyridine rings is 2. The second-order valence-electron chi connectivity index (χ2n) is 5.66. The number of carbonyl (C=O) groups is 1. The molecule has 0 aliphatic rings. The summed E-state index contributed by atoms with van der Waals surface area (Å²) in [5.41, 5.74) is 13.3. The molecule has 4 aromatic heterocycles. The maximum absolute atomic E-state index is 12.6. The second-order valence-corrected chi connectivity index (χ2v) is 6.69. The Morgan fingerprint density at radius 1 is 1.27 bits per heavy atom. The van der Waals surface area contributed by atoms with Crippen LogP contribution in [-0.2, 0) is 7.05 Å². The van der Waals surface area contributed by atoms with Gasteiger partial charge in [0.25, 0.3) is 5.56 Å². The van der Waals surface area contributed by atoms with Crippen molar-refractivity contribution < 1.29 is 4.79 Å². The number of rotatable bonds is 3. The number of hydrogen-bond acceptors (Lipinski definition) is 7. The van der Waals surface area contributed by atoms with E-state index >= 15 is 0 Å². The minimum absolute atomic E-state index is 0.188. The van der Waals surface area contributed by atoms with E-state index in [4.69, 9.17) is 11.5 Å². The number of nitrogens with zero attached hydrogens (tertiary/aromatic N) is 4. The van der Waals surface area contributed by atoms with Gasteiger partial charge in [0.1, 0.15) is 16.1 Å². The van der Waals surface area contributed by atoms with Gasteiger partial charge in [0, 0.05) is 31.2 Å². The Morgan fingerprint density at radius 2 is 2.08 bits per heavy atom. The summed E-state index contributed by atoms with van der Waals surface area (Å²) in [5.74, 6) is -0.635. The highest BCUT2D eigenvalue weighted by atomic mass is 32.1. The van der Waals surface area contributed by atoms with Gasteiger partial charge in [-0.1, -0.05) is 0 Å². The largest absolute Gasteiger partial charge is 0.396 e. The third kappa shape index (κ3) is 2.52. The maximum Gasteiger partial charge on any atom is 0.260 e. The molecule has 4 heterocycles. The zero-order chi connectivity index (χ0) is 18.4. The first-order chi connectivity index (χ1) is 12.4. The van der Waals surface area contributed by atoms with Crippen molar-refractivity contribution in [2.45, 2.75) is 0 Å². The Labute approximate surface area is 150 Å². The summed E-state index contributed by atoms with van der Waals surface area (Å²) in [5, 5.41) is 4.61. The van der Waals surface area contributed by atoms with Gasteiger partial charge >= 0.3 is 0 Å². The standard InChI is InChI=1S/C16H13N7O2S/c1-23-6-8(4-21-23)10-5-20-16(26-10)11-12(17)13-9(22-15(11)25)2-7(3-19-13)14(18)24/h2-6H,1H3,(H2,18,24)(H3,17,22,25). The summed E-state index contributed by atoms with van der Waals surface area (Å²) in [6, 6.07) is 1.45. The van der Waals surface area contributed by atoms with Gasteiger partial charge < -0.3 is 16.5 Å². The van der Waals surface area contributed by atoms with E-state index in [0.29, 0.717) is 16.0 Å². The van der Waals surface area contributed by atoms with Gasteiger partial charge in [-0.15, -0.1) is 11.3 Å². The normalized spacial score (nSPS) is 11.1. The molecule has 0 bridgehead atoms. The Bertz CT molecular complexity index is 1220. The SMILES string of the molecule is Cn1cc(-c2cnc(-c3c(N)c4ncc(C(N)=O)cc4[nH]c3=O)s2)cn1. The molecule has 0 spiro atoms. The number of aryl methyl sites for hydroxylation is 1. The molecule has 130 valence electrons. The first-order valence-electron chi connectivity index (χ1n) is 7.50. The topological polar surface area (TPSA) is 146 Å². The van der Waals surface area contributed by atoms with Crippen LogP contribution in [0.4, 0.5) is 5.69 Å². The van der Waals surface area contributed by atoms with E-state index in [0.717, 1.165) is 10.4 Å². The number of primary amides is 1. The van der Waals surface area contributed by atoms with Gasteiger partial charge in [-0.25, -0.2) is 4.98 Å². The fourth-order valence-electron chi connectivity index (χ4n) is 2.62. The molecule has 0 saturated heterocycles. The molecule has 0 aliphatic carbocycles. The van der Waals surface area contributed by atoms with Crippen molar-refractivity contribution in [2.24, 2.45) is 12.8 Å². The summed E-state index contributed by atoms with van der Waals surface area (Å²) in [4.78, 5) is 35.9. The summed E-state index contributed by atoms with van der Waals surface area (Å²) >= 11 is 1.33. The number of nitrogens with one attached hydrogen (secondary N) is 1. The van der Waals surface area contributed by atoms with E-state index in [1.807, 2.05) is 13.2 Å². The van der Waals surface area contributed by atoms with Crippen LogP contribution >= 0.6 is 11.3 Å². The van der Waals surface area contributed by atoms with Crippen LogP contribution in [-0.4, -0.2) is 30.6 Å². The number of aromatic amines is 1. The molecule has 9 nitrogen and oxygen atoms in total. The Balaban J connectivity index is 1.87. The van der Waals surface area contributed by atoms with Gasteiger partial charge in [0.15, 0.2) is 0 Å². The van der Waals surface area contributed by atoms with Crippen molar-refractivity contribution in [1.29, 1.82) is 0 Å². The van der Waals surface area contributed by atoms with Crippen molar-refractivity contribution in [3.63, 3.8) is 0 Å². The molecular formula is C16H13N7O2S. The van der Waals surface area contributed by atoms with Crippen molar-refractivity contribution >= 4 is 34.0 Å². The summed E-state index contributed by atoms with van der Waals surface area (Å²) in [7, 11) is 1.82. The molecule has 0 unspecified atom stereocenters. The first kappa shape index (κ1) is 16.0. The van der Waals surface area contributed by atoms with Crippen LogP contribution in [0, 0.1) is 0 Å². The number of anilines is 1. The molecule has 0 aromatic carbocycles. The molecule has 0 aliphatic heterocycles. The Hall–Kier alpha value is -3.53. The molecule has 0 fully saturated rings. The third-order valence-corrected chi connectivity index (χ3v) is 4.94. The van der Waals surface area contributed by atoms with Crippen molar-refractivity contribution in [1.82, 2.24) is 24.7 Å². The fraction of sp³-hybridized carbons (Fsp3) is 0.0625. The van der Waals surface area contributed by atoms with Crippen LogP contribution in [0.1, 0.15) is 10.4 Å². The number of amides is 1. The van der Waals surface area contributed by atoms with E-state index in [1.54, 1.807) is 17.1 Å². The van der Waals surface area contributed by atoms with Crippen LogP contribution < -0.4 is 17.0 Å². The number of fused-ring (bicyclic) bond motifs is 1. The molecule has 4 rings (SSSR count). The lowest BCUT2D eigenvalue weighted by Crippen LogP contribution is -2.15. The molecule has 4 aromatic rings. The molecule has 5 N–H and O–H groups in total. The van der Waals surface area contributed by atoms with Gasteiger partial charge in [-0.2, -0.15) is 5.10 Å². The lowest BCUT2D eigenvalue weighted by atomic mass is 10.1. The highest BCUT2D eigenvalue weighted by molar-refractivity contribution is 7.18. The first-order valence-corrected chi connectivity index (χ1v) is 8.32. The number of carbonyl (C=O) groups excluding carboxylic acids is 1. The zero-order valence-corrected chi connectivity index (χ0v) is 14.4. The van der Waals surface area contributed by atoms with Crippen LogP contribution in [0.15, 0.2) is 35.6 Å². The highest BCUT2D eigenvalue weighted by Gasteiger charge is 2.18. The van der Waals surface area contributed by atoms with Crippen LogP contribution in [0.5, 0.6) is 0 Å². The van der Waals surface area contributed by atoms with Crippen molar-refractivity contribution in [3.05, 3.63) is 46.8 Å². The second kappa shape index (κ2) is 5.77. The lowest BCUT2D eigenvalue weighted by molar-refractivity contribution is 0.1000. The van der Waals surface area contributed by atoms with Gasteiger partial charge in [0.05, 0.1) is 27.8 Å². The lowest BCUT2D eigenvalue weighted by Gasteiger charge is -2.06. The van der Waals surface area contributed by atoms with Gasteiger partial charge in [-0.3, -0.25) is 19.3 Å².